The molecule has 2 aliphatic rings. The van der Waals surface area contributed by atoms with E-state index in [1.807, 2.05) is 4.90 Å². The number of piperidine rings is 1. The number of carbonyl (C=O) groups excluding carboxylic acids is 1. The predicted molar refractivity (Wildman–Crippen MR) is 88.5 cm³/mol. The first-order valence-electron chi connectivity index (χ1n) is 8.90. The molecule has 0 saturated carbocycles. The van der Waals surface area contributed by atoms with Gasteiger partial charge in [0.05, 0.1) is 0 Å². The zero-order chi connectivity index (χ0) is 16.6. The van der Waals surface area contributed by atoms with Gasteiger partial charge >= 0.3 is 0 Å². The van der Waals surface area contributed by atoms with E-state index in [4.69, 9.17) is 0 Å². The number of aromatic amines is 1. The predicted octanol–water partition coefficient (Wildman–Crippen LogP) is 1.82. The Labute approximate surface area is 141 Å². The molecule has 24 heavy (non-hydrogen) atoms. The van der Waals surface area contributed by atoms with Crippen molar-refractivity contribution < 1.29 is 4.79 Å². The van der Waals surface area contributed by atoms with E-state index in [1.54, 1.807) is 12.3 Å². The maximum atomic E-state index is 12.5. The fourth-order valence-corrected chi connectivity index (χ4v) is 4.16. The van der Waals surface area contributed by atoms with Crippen LogP contribution in [0.25, 0.3) is 0 Å². The van der Waals surface area contributed by atoms with Crippen LogP contribution in [-0.2, 0) is 19.4 Å². The van der Waals surface area contributed by atoms with Crippen molar-refractivity contribution in [2.45, 2.75) is 52.0 Å². The first-order chi connectivity index (χ1) is 11.7. The Hall–Kier alpha value is -2.18. The Morgan fingerprint density at radius 1 is 1.21 bits per heavy atom. The SMILES string of the molecule is CCc1nnc2n1CCC1(CC2)CCN(C(=O)c2ccn[nH]2)CC1. The average Bonchev–Trinajstić information content (AvgIpc) is 3.25. The minimum atomic E-state index is 0.0707. The third-order valence-corrected chi connectivity index (χ3v) is 5.81. The molecule has 0 bridgehead atoms. The molecule has 0 aromatic carbocycles. The van der Waals surface area contributed by atoms with Crippen molar-refractivity contribution in [1.29, 1.82) is 0 Å². The highest BCUT2D eigenvalue weighted by Crippen LogP contribution is 2.41. The van der Waals surface area contributed by atoms with Gasteiger partial charge in [-0.15, -0.1) is 10.2 Å². The number of amides is 1. The zero-order valence-electron chi connectivity index (χ0n) is 14.2. The van der Waals surface area contributed by atoms with Gasteiger partial charge in [0.25, 0.3) is 5.91 Å². The Bertz CT molecular complexity index is 712. The third kappa shape index (κ3) is 2.61. The van der Waals surface area contributed by atoms with Gasteiger partial charge in [-0.05, 0) is 37.2 Å². The summed E-state index contributed by atoms with van der Waals surface area (Å²) in [6, 6.07) is 1.75. The molecule has 7 heteroatoms. The summed E-state index contributed by atoms with van der Waals surface area (Å²) in [5.74, 6) is 2.31. The summed E-state index contributed by atoms with van der Waals surface area (Å²) in [6.45, 7) is 4.82. The lowest BCUT2D eigenvalue weighted by Crippen LogP contribution is -2.43. The van der Waals surface area contributed by atoms with Crippen molar-refractivity contribution in [2.75, 3.05) is 13.1 Å². The van der Waals surface area contributed by atoms with Crippen LogP contribution in [0, 0.1) is 5.41 Å². The topological polar surface area (TPSA) is 79.7 Å². The normalized spacial score (nSPS) is 20.0. The second-order valence-electron chi connectivity index (χ2n) is 7.05. The van der Waals surface area contributed by atoms with Crippen molar-refractivity contribution in [1.82, 2.24) is 29.9 Å². The zero-order valence-corrected chi connectivity index (χ0v) is 14.2. The van der Waals surface area contributed by atoms with Crippen LogP contribution in [-0.4, -0.2) is 48.9 Å². The molecule has 0 unspecified atom stereocenters. The van der Waals surface area contributed by atoms with Gasteiger partial charge in [-0.3, -0.25) is 9.89 Å². The molecule has 1 saturated heterocycles. The highest BCUT2D eigenvalue weighted by Gasteiger charge is 2.38. The van der Waals surface area contributed by atoms with Gasteiger partial charge in [-0.25, -0.2) is 0 Å². The molecule has 4 heterocycles. The van der Waals surface area contributed by atoms with Gasteiger partial charge in [-0.1, -0.05) is 6.92 Å². The summed E-state index contributed by atoms with van der Waals surface area (Å²) in [4.78, 5) is 14.4. The molecule has 2 aromatic heterocycles. The number of H-pyrrole nitrogens is 1. The van der Waals surface area contributed by atoms with Crippen LogP contribution in [0.2, 0.25) is 0 Å². The molecule has 1 fully saturated rings. The third-order valence-electron chi connectivity index (χ3n) is 5.81. The molecule has 2 aliphatic heterocycles. The van der Waals surface area contributed by atoms with E-state index in [2.05, 4.69) is 31.9 Å². The van der Waals surface area contributed by atoms with E-state index in [0.717, 1.165) is 69.8 Å². The molecule has 0 atom stereocenters. The molecule has 1 N–H and O–H groups in total. The lowest BCUT2D eigenvalue weighted by molar-refractivity contribution is 0.0530. The lowest BCUT2D eigenvalue weighted by Gasteiger charge is -2.41. The summed E-state index contributed by atoms with van der Waals surface area (Å²) >= 11 is 0. The summed E-state index contributed by atoms with van der Waals surface area (Å²) in [6.07, 6.45) is 8.04. The van der Waals surface area contributed by atoms with Gasteiger partial charge in [0.2, 0.25) is 0 Å². The molecule has 1 amide bonds. The van der Waals surface area contributed by atoms with Crippen LogP contribution in [0.1, 0.15) is 54.7 Å². The van der Waals surface area contributed by atoms with Gasteiger partial charge < -0.3 is 9.47 Å². The summed E-state index contributed by atoms with van der Waals surface area (Å²) in [5.41, 5.74) is 0.932. The number of carbonyl (C=O) groups is 1. The van der Waals surface area contributed by atoms with Crippen LogP contribution >= 0.6 is 0 Å². The van der Waals surface area contributed by atoms with Crippen molar-refractivity contribution in [3.63, 3.8) is 0 Å². The molecule has 0 aliphatic carbocycles. The van der Waals surface area contributed by atoms with E-state index in [1.165, 1.54) is 0 Å². The minimum absolute atomic E-state index is 0.0707. The molecule has 128 valence electrons. The smallest absolute Gasteiger partial charge is 0.271 e. The molecule has 0 radical (unpaired) electrons. The number of fused-ring (bicyclic) bond motifs is 1. The van der Waals surface area contributed by atoms with Crippen LogP contribution in [0.5, 0.6) is 0 Å². The highest BCUT2D eigenvalue weighted by atomic mass is 16.2. The fourth-order valence-electron chi connectivity index (χ4n) is 4.16. The fraction of sp³-hybridized carbons (Fsp3) is 0.647. The number of hydrogen-bond acceptors (Lipinski definition) is 4. The Kier molecular flexibility index (Phi) is 3.86. The van der Waals surface area contributed by atoms with E-state index in [9.17, 15) is 4.79 Å². The maximum Gasteiger partial charge on any atom is 0.271 e. The number of aromatic nitrogens is 5. The van der Waals surface area contributed by atoms with E-state index in [-0.39, 0.29) is 5.91 Å². The number of aryl methyl sites for hydroxylation is 2. The Morgan fingerprint density at radius 3 is 2.71 bits per heavy atom. The number of likely N-dealkylation sites (tertiary alicyclic amines) is 1. The Morgan fingerprint density at radius 2 is 2.00 bits per heavy atom. The minimum Gasteiger partial charge on any atom is -0.337 e. The summed E-state index contributed by atoms with van der Waals surface area (Å²) in [5, 5.41) is 15.3. The first kappa shape index (κ1) is 15.4. The average molecular weight is 328 g/mol. The summed E-state index contributed by atoms with van der Waals surface area (Å²) < 4.78 is 2.32. The quantitative estimate of drug-likeness (QED) is 0.912. The first-order valence-corrected chi connectivity index (χ1v) is 8.90. The van der Waals surface area contributed by atoms with E-state index in [0.29, 0.717) is 11.1 Å². The van der Waals surface area contributed by atoms with Crippen LogP contribution < -0.4 is 0 Å². The lowest BCUT2D eigenvalue weighted by atomic mass is 9.72. The van der Waals surface area contributed by atoms with Gasteiger partial charge in [0.15, 0.2) is 0 Å². The standard InChI is InChI=1S/C17H24N6O/c1-2-14-20-21-15-3-5-17(8-12-23(14)15)6-10-22(11-7-17)16(24)13-4-9-18-19-13/h4,9H,2-3,5-8,10-12H2,1H3,(H,18,19). The van der Waals surface area contributed by atoms with Crippen LogP contribution in [0.15, 0.2) is 12.3 Å². The van der Waals surface area contributed by atoms with E-state index >= 15 is 0 Å². The van der Waals surface area contributed by atoms with E-state index < -0.39 is 0 Å². The van der Waals surface area contributed by atoms with Gasteiger partial charge in [0.1, 0.15) is 17.3 Å². The largest absolute Gasteiger partial charge is 0.337 e. The number of nitrogens with zero attached hydrogens (tertiary/aromatic N) is 5. The number of rotatable bonds is 2. The van der Waals surface area contributed by atoms with Gasteiger partial charge in [-0.2, -0.15) is 5.10 Å². The van der Waals surface area contributed by atoms with Crippen LogP contribution in [0.4, 0.5) is 0 Å². The molecule has 2 aromatic rings. The van der Waals surface area contributed by atoms with Crippen molar-refractivity contribution in [2.24, 2.45) is 5.41 Å². The second kappa shape index (κ2) is 6.03. The number of nitrogens with one attached hydrogen (secondary N) is 1. The molecule has 4 rings (SSSR count). The molecule has 7 nitrogen and oxygen atoms in total. The van der Waals surface area contributed by atoms with Gasteiger partial charge in [0, 0.05) is 38.7 Å². The van der Waals surface area contributed by atoms with Crippen molar-refractivity contribution in [3.8, 4) is 0 Å². The summed E-state index contributed by atoms with van der Waals surface area (Å²) in [7, 11) is 0. The molecule has 1 spiro atoms. The second-order valence-corrected chi connectivity index (χ2v) is 7.05. The maximum absolute atomic E-state index is 12.5. The molecular weight excluding hydrogens is 304 g/mol. The molecular formula is C17H24N6O. The highest BCUT2D eigenvalue weighted by molar-refractivity contribution is 5.92. The monoisotopic (exact) mass is 328 g/mol. The van der Waals surface area contributed by atoms with Crippen molar-refractivity contribution >= 4 is 5.91 Å². The van der Waals surface area contributed by atoms with Crippen molar-refractivity contribution in [3.05, 3.63) is 29.6 Å². The van der Waals surface area contributed by atoms with Crippen LogP contribution in [0.3, 0.4) is 0 Å². The number of hydrogen-bond donors (Lipinski definition) is 1. The Balaban J connectivity index is 1.42.